The van der Waals surface area contributed by atoms with Crippen molar-refractivity contribution >= 4 is 33.7 Å². The number of nitrogens with one attached hydrogen (secondary N) is 1. The van der Waals surface area contributed by atoms with E-state index in [4.69, 9.17) is 4.74 Å². The van der Waals surface area contributed by atoms with Gasteiger partial charge in [-0.25, -0.2) is 5.43 Å². The van der Waals surface area contributed by atoms with Gasteiger partial charge in [-0.15, -0.1) is 0 Å². The zero-order valence-corrected chi connectivity index (χ0v) is 14.3. The fraction of sp³-hybridized carbons (Fsp3) is 0.125. The highest BCUT2D eigenvalue weighted by Crippen LogP contribution is 2.21. The molecule has 0 aliphatic carbocycles. The number of nitro benzene ring substituents is 1. The highest BCUT2D eigenvalue weighted by atomic mass is 79.9. The number of amides is 1. The van der Waals surface area contributed by atoms with Crippen LogP contribution in [0.2, 0.25) is 0 Å². The van der Waals surface area contributed by atoms with Crippen LogP contribution in [0.4, 0.5) is 5.69 Å². The first-order chi connectivity index (χ1) is 11.5. The monoisotopic (exact) mass is 391 g/mol. The summed E-state index contributed by atoms with van der Waals surface area (Å²) < 4.78 is 6.31. The number of hydrazone groups is 1. The molecule has 1 amide bonds. The molecule has 0 saturated carbocycles. The minimum absolute atomic E-state index is 0.0860. The van der Waals surface area contributed by atoms with Gasteiger partial charge in [0.2, 0.25) is 0 Å². The smallest absolute Gasteiger partial charge is 0.278 e. The van der Waals surface area contributed by atoms with E-state index in [-0.39, 0.29) is 12.3 Å². The molecule has 0 saturated heterocycles. The van der Waals surface area contributed by atoms with Crippen LogP contribution in [0.15, 0.2) is 52.0 Å². The maximum absolute atomic E-state index is 11.7. The normalized spacial score (nSPS) is 10.6. The minimum Gasteiger partial charge on any atom is -0.484 e. The average Bonchev–Trinajstić information content (AvgIpc) is 2.56. The number of rotatable bonds is 6. The molecule has 0 unspecified atom stereocenters. The van der Waals surface area contributed by atoms with Gasteiger partial charge in [-0.1, -0.05) is 28.1 Å². The van der Waals surface area contributed by atoms with Crippen molar-refractivity contribution in [1.82, 2.24) is 5.43 Å². The molecule has 0 aliphatic rings. The fourth-order valence-corrected chi connectivity index (χ4v) is 2.07. The maximum atomic E-state index is 11.7. The molecule has 0 atom stereocenters. The van der Waals surface area contributed by atoms with Gasteiger partial charge in [0.1, 0.15) is 5.75 Å². The van der Waals surface area contributed by atoms with E-state index in [0.29, 0.717) is 11.3 Å². The first-order valence-electron chi connectivity index (χ1n) is 6.91. The van der Waals surface area contributed by atoms with Crippen molar-refractivity contribution in [2.45, 2.75) is 6.92 Å². The molecule has 124 valence electrons. The SMILES string of the molecule is Cc1cc(OCC(=O)N/N=C/c2ccccc2[N+](=O)[O-])ccc1Br. The lowest BCUT2D eigenvalue weighted by Crippen LogP contribution is -2.24. The summed E-state index contributed by atoms with van der Waals surface area (Å²) in [4.78, 5) is 22.0. The lowest BCUT2D eigenvalue weighted by Gasteiger charge is -2.06. The van der Waals surface area contributed by atoms with Crippen LogP contribution in [0.25, 0.3) is 0 Å². The van der Waals surface area contributed by atoms with E-state index in [2.05, 4.69) is 26.5 Å². The summed E-state index contributed by atoms with van der Waals surface area (Å²) in [5.41, 5.74) is 3.47. The molecular formula is C16H14BrN3O4. The van der Waals surface area contributed by atoms with Crippen LogP contribution in [0.1, 0.15) is 11.1 Å². The lowest BCUT2D eigenvalue weighted by atomic mass is 10.2. The van der Waals surface area contributed by atoms with Crippen LogP contribution in [0, 0.1) is 17.0 Å². The van der Waals surface area contributed by atoms with Crippen molar-refractivity contribution in [3.05, 3.63) is 68.2 Å². The van der Waals surface area contributed by atoms with E-state index in [1.54, 1.807) is 24.3 Å². The van der Waals surface area contributed by atoms with Gasteiger partial charge in [-0.05, 0) is 36.8 Å². The Morgan fingerprint density at radius 2 is 2.12 bits per heavy atom. The van der Waals surface area contributed by atoms with Crippen molar-refractivity contribution in [2.75, 3.05) is 6.61 Å². The molecule has 2 aromatic carbocycles. The van der Waals surface area contributed by atoms with Gasteiger partial charge in [0.15, 0.2) is 6.61 Å². The number of carbonyl (C=O) groups excluding carboxylic acids is 1. The van der Waals surface area contributed by atoms with E-state index in [0.717, 1.165) is 10.0 Å². The fourth-order valence-electron chi connectivity index (χ4n) is 1.82. The third-order valence-corrected chi connectivity index (χ3v) is 3.92. The molecule has 2 rings (SSSR count). The summed E-state index contributed by atoms with van der Waals surface area (Å²) in [6.45, 7) is 1.70. The number of aryl methyl sites for hydroxylation is 1. The standard InChI is InChI=1S/C16H14BrN3O4/c1-11-8-13(6-7-14(11)17)24-10-16(21)19-18-9-12-4-2-3-5-15(12)20(22)23/h2-9H,10H2,1H3,(H,19,21)/b18-9+. The van der Waals surface area contributed by atoms with Crippen LogP contribution >= 0.6 is 15.9 Å². The molecule has 24 heavy (non-hydrogen) atoms. The van der Waals surface area contributed by atoms with Crippen LogP contribution in [0.3, 0.4) is 0 Å². The number of para-hydroxylation sites is 1. The molecule has 0 bridgehead atoms. The first-order valence-corrected chi connectivity index (χ1v) is 7.71. The maximum Gasteiger partial charge on any atom is 0.278 e. The summed E-state index contributed by atoms with van der Waals surface area (Å²) in [6.07, 6.45) is 1.22. The van der Waals surface area contributed by atoms with Gasteiger partial charge < -0.3 is 4.74 Å². The zero-order chi connectivity index (χ0) is 17.5. The molecule has 0 fully saturated rings. The van der Waals surface area contributed by atoms with Crippen LogP contribution in [0.5, 0.6) is 5.75 Å². The van der Waals surface area contributed by atoms with Gasteiger partial charge in [0.05, 0.1) is 16.7 Å². The van der Waals surface area contributed by atoms with Crippen molar-refractivity contribution in [1.29, 1.82) is 0 Å². The molecule has 8 heteroatoms. The van der Waals surface area contributed by atoms with Crippen LogP contribution in [-0.4, -0.2) is 23.7 Å². The molecule has 1 N–H and O–H groups in total. The number of nitrogens with zero attached hydrogens (tertiary/aromatic N) is 2. The van der Waals surface area contributed by atoms with Crippen molar-refractivity contribution in [3.8, 4) is 5.75 Å². The lowest BCUT2D eigenvalue weighted by molar-refractivity contribution is -0.385. The van der Waals surface area contributed by atoms with Crippen LogP contribution in [-0.2, 0) is 4.79 Å². The van der Waals surface area contributed by atoms with E-state index in [9.17, 15) is 14.9 Å². The first kappa shape index (κ1) is 17.6. The summed E-state index contributed by atoms with van der Waals surface area (Å²) in [7, 11) is 0. The molecule has 0 aliphatic heterocycles. The van der Waals surface area contributed by atoms with E-state index < -0.39 is 10.8 Å². The summed E-state index contributed by atoms with van der Waals surface area (Å²) >= 11 is 3.38. The summed E-state index contributed by atoms with van der Waals surface area (Å²) in [5, 5.41) is 14.6. The third kappa shape index (κ3) is 4.88. The highest BCUT2D eigenvalue weighted by molar-refractivity contribution is 9.10. The second-order valence-electron chi connectivity index (χ2n) is 4.81. The molecule has 0 aromatic heterocycles. The van der Waals surface area contributed by atoms with E-state index in [1.807, 2.05) is 13.0 Å². The number of carbonyl (C=O) groups is 1. The minimum atomic E-state index is -0.512. The van der Waals surface area contributed by atoms with Gasteiger partial charge in [-0.3, -0.25) is 14.9 Å². The Labute approximate surface area is 146 Å². The Morgan fingerprint density at radius 1 is 1.38 bits per heavy atom. The molecule has 0 radical (unpaired) electrons. The number of ether oxygens (including phenoxy) is 1. The number of nitro groups is 1. The molecule has 2 aromatic rings. The Bertz CT molecular complexity index is 793. The Morgan fingerprint density at radius 3 is 2.83 bits per heavy atom. The van der Waals surface area contributed by atoms with Crippen LogP contribution < -0.4 is 10.2 Å². The number of hydrogen-bond acceptors (Lipinski definition) is 5. The molecule has 0 spiro atoms. The van der Waals surface area contributed by atoms with E-state index >= 15 is 0 Å². The molecule has 0 heterocycles. The van der Waals surface area contributed by atoms with Gasteiger partial charge in [0.25, 0.3) is 11.6 Å². The van der Waals surface area contributed by atoms with Crippen molar-refractivity contribution in [3.63, 3.8) is 0 Å². The Hall–Kier alpha value is -2.74. The predicted molar refractivity (Wildman–Crippen MR) is 93.2 cm³/mol. The number of halogens is 1. The van der Waals surface area contributed by atoms with E-state index in [1.165, 1.54) is 18.3 Å². The second kappa shape index (κ2) is 8.21. The quantitative estimate of drug-likeness (QED) is 0.464. The van der Waals surface area contributed by atoms with Gasteiger partial charge >= 0.3 is 0 Å². The summed E-state index contributed by atoms with van der Waals surface area (Å²) in [6, 6.07) is 11.5. The summed E-state index contributed by atoms with van der Waals surface area (Å²) in [5.74, 6) is 0.0962. The second-order valence-corrected chi connectivity index (χ2v) is 5.66. The van der Waals surface area contributed by atoms with Gasteiger partial charge in [0, 0.05) is 10.5 Å². The predicted octanol–water partition coefficient (Wildman–Crippen LogP) is 3.19. The Kier molecular flexibility index (Phi) is 6.02. The zero-order valence-electron chi connectivity index (χ0n) is 12.7. The third-order valence-electron chi connectivity index (χ3n) is 3.03. The number of hydrogen-bond donors (Lipinski definition) is 1. The largest absolute Gasteiger partial charge is 0.484 e. The highest BCUT2D eigenvalue weighted by Gasteiger charge is 2.10. The Balaban J connectivity index is 1.89. The van der Waals surface area contributed by atoms with Crippen molar-refractivity contribution in [2.24, 2.45) is 5.10 Å². The average molecular weight is 392 g/mol. The van der Waals surface area contributed by atoms with Gasteiger partial charge in [-0.2, -0.15) is 5.10 Å². The molecule has 7 nitrogen and oxygen atoms in total. The topological polar surface area (TPSA) is 93.8 Å². The van der Waals surface area contributed by atoms with Crippen molar-refractivity contribution < 1.29 is 14.5 Å². The molecular weight excluding hydrogens is 378 g/mol. The number of benzene rings is 2.